The molecule has 0 bridgehead atoms. The topological polar surface area (TPSA) is 68.3 Å². The molecule has 0 aliphatic heterocycles. The molecule has 27 heavy (non-hydrogen) atoms. The standard InChI is InChI=1S/C21H24N4O2/c1-26-14-8-13-22-19-15-20(23-17-11-6-7-12-18(17)27-2)25-21(24-19)16-9-4-3-5-10-16/h3-7,9-12,15H,8,13-14H2,1-2H3,(H2,22,23,24,25). The van der Waals surface area contributed by atoms with E-state index in [1.807, 2.05) is 60.7 Å². The van der Waals surface area contributed by atoms with E-state index >= 15 is 0 Å². The largest absolute Gasteiger partial charge is 0.495 e. The Hall–Kier alpha value is -3.12. The van der Waals surface area contributed by atoms with Crippen LogP contribution in [0.1, 0.15) is 6.42 Å². The molecule has 2 aromatic carbocycles. The molecule has 6 nitrogen and oxygen atoms in total. The highest BCUT2D eigenvalue weighted by atomic mass is 16.5. The van der Waals surface area contributed by atoms with Crippen molar-refractivity contribution in [1.82, 2.24) is 9.97 Å². The average Bonchev–Trinajstić information content (AvgIpc) is 2.72. The van der Waals surface area contributed by atoms with Crippen LogP contribution in [-0.2, 0) is 4.74 Å². The number of hydrogen-bond acceptors (Lipinski definition) is 6. The summed E-state index contributed by atoms with van der Waals surface area (Å²) in [6.07, 6.45) is 0.899. The van der Waals surface area contributed by atoms with Gasteiger partial charge in [-0.3, -0.25) is 0 Å². The van der Waals surface area contributed by atoms with Gasteiger partial charge in [0, 0.05) is 31.9 Å². The van der Waals surface area contributed by atoms with Gasteiger partial charge in [0.25, 0.3) is 0 Å². The van der Waals surface area contributed by atoms with Gasteiger partial charge in [-0.1, -0.05) is 42.5 Å². The maximum atomic E-state index is 5.42. The Labute approximate surface area is 159 Å². The lowest BCUT2D eigenvalue weighted by atomic mass is 10.2. The predicted octanol–water partition coefficient (Wildman–Crippen LogP) is 4.34. The van der Waals surface area contributed by atoms with E-state index in [0.29, 0.717) is 18.2 Å². The monoisotopic (exact) mass is 364 g/mol. The third-order valence-corrected chi connectivity index (χ3v) is 3.96. The lowest BCUT2D eigenvalue weighted by Crippen LogP contribution is -2.08. The Balaban J connectivity index is 1.89. The number of rotatable bonds is 9. The summed E-state index contributed by atoms with van der Waals surface area (Å²) in [5.74, 6) is 2.87. The van der Waals surface area contributed by atoms with Gasteiger partial charge in [-0.25, -0.2) is 9.97 Å². The second-order valence-electron chi connectivity index (χ2n) is 5.93. The smallest absolute Gasteiger partial charge is 0.163 e. The molecule has 0 aliphatic carbocycles. The summed E-state index contributed by atoms with van der Waals surface area (Å²) >= 11 is 0. The summed E-state index contributed by atoms with van der Waals surface area (Å²) < 4.78 is 10.5. The van der Waals surface area contributed by atoms with Gasteiger partial charge in [0.15, 0.2) is 5.82 Å². The van der Waals surface area contributed by atoms with E-state index in [-0.39, 0.29) is 0 Å². The third-order valence-electron chi connectivity index (χ3n) is 3.96. The number of methoxy groups -OCH3 is 2. The van der Waals surface area contributed by atoms with Gasteiger partial charge in [-0.2, -0.15) is 0 Å². The first kappa shape index (κ1) is 18.7. The van der Waals surface area contributed by atoms with Crippen molar-refractivity contribution in [3.8, 4) is 17.1 Å². The van der Waals surface area contributed by atoms with E-state index in [1.54, 1.807) is 14.2 Å². The molecule has 140 valence electrons. The lowest BCUT2D eigenvalue weighted by Gasteiger charge is -2.13. The lowest BCUT2D eigenvalue weighted by molar-refractivity contribution is 0.198. The molecule has 3 rings (SSSR count). The molecule has 0 fully saturated rings. The molecular formula is C21H24N4O2. The molecular weight excluding hydrogens is 340 g/mol. The molecule has 0 aliphatic rings. The van der Waals surface area contributed by atoms with Crippen molar-refractivity contribution < 1.29 is 9.47 Å². The first-order valence-corrected chi connectivity index (χ1v) is 8.87. The fourth-order valence-corrected chi connectivity index (χ4v) is 2.64. The van der Waals surface area contributed by atoms with E-state index in [4.69, 9.17) is 9.47 Å². The Morgan fingerprint density at radius 3 is 2.41 bits per heavy atom. The second-order valence-corrected chi connectivity index (χ2v) is 5.93. The van der Waals surface area contributed by atoms with Gasteiger partial charge in [0.05, 0.1) is 12.8 Å². The zero-order valence-corrected chi connectivity index (χ0v) is 15.6. The summed E-state index contributed by atoms with van der Waals surface area (Å²) in [5, 5.41) is 6.68. The molecule has 6 heteroatoms. The molecule has 1 aromatic heterocycles. The van der Waals surface area contributed by atoms with Crippen LogP contribution in [0.4, 0.5) is 17.3 Å². The fraction of sp³-hybridized carbons (Fsp3) is 0.238. The molecule has 3 aromatic rings. The van der Waals surface area contributed by atoms with E-state index in [0.717, 1.165) is 35.8 Å². The number of benzene rings is 2. The zero-order chi connectivity index (χ0) is 18.9. The highest BCUT2D eigenvalue weighted by molar-refractivity contribution is 5.68. The van der Waals surface area contributed by atoms with Crippen LogP contribution in [0.15, 0.2) is 60.7 Å². The maximum absolute atomic E-state index is 5.42. The Morgan fingerprint density at radius 2 is 1.63 bits per heavy atom. The zero-order valence-electron chi connectivity index (χ0n) is 15.6. The first-order chi connectivity index (χ1) is 13.3. The molecule has 0 saturated heterocycles. The number of nitrogens with one attached hydrogen (secondary N) is 2. The van der Waals surface area contributed by atoms with Crippen molar-refractivity contribution in [1.29, 1.82) is 0 Å². The number of hydrogen-bond donors (Lipinski definition) is 2. The molecule has 0 atom stereocenters. The molecule has 0 saturated carbocycles. The Morgan fingerprint density at radius 1 is 0.889 bits per heavy atom. The van der Waals surface area contributed by atoms with Crippen LogP contribution >= 0.6 is 0 Å². The highest BCUT2D eigenvalue weighted by Crippen LogP contribution is 2.28. The van der Waals surface area contributed by atoms with Crippen molar-refractivity contribution >= 4 is 17.3 Å². The van der Waals surface area contributed by atoms with Crippen molar-refractivity contribution in [3.05, 3.63) is 60.7 Å². The van der Waals surface area contributed by atoms with Gasteiger partial charge in [-0.15, -0.1) is 0 Å². The summed E-state index contributed by atoms with van der Waals surface area (Å²) in [7, 11) is 3.35. The number of para-hydroxylation sites is 2. The van der Waals surface area contributed by atoms with Gasteiger partial charge in [-0.05, 0) is 18.6 Å². The minimum atomic E-state index is 0.657. The minimum absolute atomic E-state index is 0.657. The summed E-state index contributed by atoms with van der Waals surface area (Å²) in [4.78, 5) is 9.33. The van der Waals surface area contributed by atoms with Crippen LogP contribution in [0.3, 0.4) is 0 Å². The van der Waals surface area contributed by atoms with Crippen LogP contribution in [-0.4, -0.2) is 37.3 Å². The molecule has 0 unspecified atom stereocenters. The van der Waals surface area contributed by atoms with Crippen molar-refractivity contribution in [2.24, 2.45) is 0 Å². The predicted molar refractivity (Wildman–Crippen MR) is 109 cm³/mol. The van der Waals surface area contributed by atoms with E-state index < -0.39 is 0 Å². The number of nitrogens with zero attached hydrogens (tertiary/aromatic N) is 2. The van der Waals surface area contributed by atoms with Gasteiger partial charge < -0.3 is 20.1 Å². The average molecular weight is 364 g/mol. The number of aromatic nitrogens is 2. The van der Waals surface area contributed by atoms with E-state index in [9.17, 15) is 0 Å². The van der Waals surface area contributed by atoms with E-state index in [2.05, 4.69) is 20.6 Å². The normalized spacial score (nSPS) is 10.4. The molecule has 2 N–H and O–H groups in total. The van der Waals surface area contributed by atoms with Gasteiger partial charge >= 0.3 is 0 Å². The van der Waals surface area contributed by atoms with Crippen molar-refractivity contribution in [2.45, 2.75) is 6.42 Å². The molecule has 0 spiro atoms. The molecule has 0 radical (unpaired) electrons. The van der Waals surface area contributed by atoms with Gasteiger partial charge in [0.1, 0.15) is 17.4 Å². The minimum Gasteiger partial charge on any atom is -0.495 e. The van der Waals surface area contributed by atoms with Crippen LogP contribution in [0.5, 0.6) is 5.75 Å². The molecule has 0 amide bonds. The maximum Gasteiger partial charge on any atom is 0.163 e. The van der Waals surface area contributed by atoms with Gasteiger partial charge in [0.2, 0.25) is 0 Å². The first-order valence-electron chi connectivity index (χ1n) is 8.87. The van der Waals surface area contributed by atoms with Crippen LogP contribution < -0.4 is 15.4 Å². The van der Waals surface area contributed by atoms with Crippen LogP contribution in [0.2, 0.25) is 0 Å². The van der Waals surface area contributed by atoms with Crippen molar-refractivity contribution in [3.63, 3.8) is 0 Å². The number of anilines is 3. The van der Waals surface area contributed by atoms with Crippen LogP contribution in [0, 0.1) is 0 Å². The van der Waals surface area contributed by atoms with Crippen molar-refractivity contribution in [2.75, 3.05) is 38.0 Å². The summed E-state index contributed by atoms with van der Waals surface area (Å²) in [6.45, 7) is 1.48. The molecule has 1 heterocycles. The van der Waals surface area contributed by atoms with E-state index in [1.165, 1.54) is 0 Å². The fourth-order valence-electron chi connectivity index (χ4n) is 2.64. The highest BCUT2D eigenvalue weighted by Gasteiger charge is 2.09. The number of ether oxygens (including phenoxy) is 2. The summed E-state index contributed by atoms with van der Waals surface area (Å²) in [5.41, 5.74) is 1.81. The quantitative estimate of drug-likeness (QED) is 0.550. The Bertz CT molecular complexity index is 856. The second kappa shape index (κ2) is 9.54. The van der Waals surface area contributed by atoms with Crippen LogP contribution in [0.25, 0.3) is 11.4 Å². The Kier molecular flexibility index (Phi) is 6.60. The third kappa shape index (κ3) is 5.18. The summed E-state index contributed by atoms with van der Waals surface area (Å²) in [6, 6.07) is 19.6. The SMILES string of the molecule is COCCCNc1cc(Nc2ccccc2OC)nc(-c2ccccc2)n1.